The lowest BCUT2D eigenvalue weighted by Crippen LogP contribution is -2.49. The molecule has 1 rings (SSSR count). The molecule has 2 unspecified atom stereocenters. The van der Waals surface area contributed by atoms with E-state index in [4.69, 9.17) is 0 Å². The van der Waals surface area contributed by atoms with E-state index >= 15 is 0 Å². The Kier molecular flexibility index (Phi) is 6.95. The van der Waals surface area contributed by atoms with Crippen molar-refractivity contribution >= 4 is 11.8 Å². The summed E-state index contributed by atoms with van der Waals surface area (Å²) >= 11 is 0. The maximum Gasteiger partial charge on any atom is 0.225 e. The first kappa shape index (κ1) is 16.9. The highest BCUT2D eigenvalue weighted by molar-refractivity contribution is 5.81. The first-order valence-electron chi connectivity index (χ1n) is 7.35. The van der Waals surface area contributed by atoms with Gasteiger partial charge in [-0.05, 0) is 20.5 Å². The Hall–Kier alpha value is -1.14. The highest BCUT2D eigenvalue weighted by Gasteiger charge is 2.26. The molecule has 0 saturated carbocycles. The van der Waals surface area contributed by atoms with Crippen LogP contribution in [-0.4, -0.2) is 68.6 Å². The molecule has 0 radical (unpaired) electrons. The molecule has 6 heteroatoms. The van der Waals surface area contributed by atoms with Crippen LogP contribution in [0, 0.1) is 11.8 Å². The molecule has 0 aromatic heterocycles. The van der Waals surface area contributed by atoms with E-state index in [-0.39, 0.29) is 23.7 Å². The maximum absolute atomic E-state index is 12.3. The summed E-state index contributed by atoms with van der Waals surface area (Å²) in [4.78, 5) is 28.3. The summed E-state index contributed by atoms with van der Waals surface area (Å²) < 4.78 is 0. The van der Waals surface area contributed by atoms with Gasteiger partial charge in [0.2, 0.25) is 11.8 Å². The Morgan fingerprint density at radius 3 is 2.25 bits per heavy atom. The van der Waals surface area contributed by atoms with Crippen molar-refractivity contribution in [2.24, 2.45) is 11.8 Å². The first-order chi connectivity index (χ1) is 9.45. The molecule has 2 atom stereocenters. The minimum Gasteiger partial charge on any atom is -0.343 e. The third-order valence-corrected chi connectivity index (χ3v) is 3.83. The van der Waals surface area contributed by atoms with Crippen molar-refractivity contribution in [3.05, 3.63) is 0 Å². The van der Waals surface area contributed by atoms with Gasteiger partial charge in [-0.3, -0.25) is 9.59 Å². The molecule has 20 heavy (non-hydrogen) atoms. The molecule has 1 aliphatic heterocycles. The summed E-state index contributed by atoms with van der Waals surface area (Å²) in [6.45, 7) is 7.69. The maximum atomic E-state index is 12.3. The van der Waals surface area contributed by atoms with E-state index < -0.39 is 0 Å². The third-order valence-electron chi connectivity index (χ3n) is 3.83. The van der Waals surface area contributed by atoms with Gasteiger partial charge in [-0.1, -0.05) is 13.8 Å². The average Bonchev–Trinajstić information content (AvgIpc) is 2.44. The van der Waals surface area contributed by atoms with Gasteiger partial charge in [0, 0.05) is 38.0 Å². The van der Waals surface area contributed by atoms with Crippen molar-refractivity contribution in [1.29, 1.82) is 0 Å². The van der Waals surface area contributed by atoms with Crippen molar-refractivity contribution < 1.29 is 9.59 Å². The second kappa shape index (κ2) is 8.21. The quantitative estimate of drug-likeness (QED) is 0.658. The van der Waals surface area contributed by atoms with Crippen LogP contribution in [0.25, 0.3) is 0 Å². The van der Waals surface area contributed by atoms with E-state index in [0.717, 1.165) is 26.2 Å². The van der Waals surface area contributed by atoms with Crippen LogP contribution in [0.3, 0.4) is 0 Å². The van der Waals surface area contributed by atoms with E-state index in [2.05, 4.69) is 22.6 Å². The smallest absolute Gasteiger partial charge is 0.225 e. The fourth-order valence-corrected chi connectivity index (χ4v) is 2.43. The van der Waals surface area contributed by atoms with Gasteiger partial charge in [-0.15, -0.1) is 0 Å². The van der Waals surface area contributed by atoms with Gasteiger partial charge < -0.3 is 20.4 Å². The normalized spacial score (nSPS) is 19.5. The third kappa shape index (κ3) is 5.09. The Bertz CT molecular complexity index is 327. The van der Waals surface area contributed by atoms with Crippen LogP contribution >= 0.6 is 0 Å². The Morgan fingerprint density at radius 1 is 1.10 bits per heavy atom. The molecular formula is C14H28N4O2. The summed E-state index contributed by atoms with van der Waals surface area (Å²) in [6, 6.07) is 0. The topological polar surface area (TPSA) is 64.7 Å². The Labute approximate surface area is 121 Å². The number of likely N-dealkylation sites (N-methyl/N-ethyl adjacent to an activating group) is 1. The van der Waals surface area contributed by atoms with Crippen LogP contribution in [0.15, 0.2) is 0 Å². The SMILES string of the molecule is CNCNC(=O)C(C)CC(C)C(=O)N1CCN(C)CC1. The average molecular weight is 284 g/mol. The molecule has 2 N–H and O–H groups in total. The number of hydrogen-bond acceptors (Lipinski definition) is 4. The molecule has 1 aliphatic rings. The van der Waals surface area contributed by atoms with Crippen molar-refractivity contribution in [3.63, 3.8) is 0 Å². The van der Waals surface area contributed by atoms with Crippen molar-refractivity contribution in [2.75, 3.05) is 46.9 Å². The highest BCUT2D eigenvalue weighted by Crippen LogP contribution is 2.16. The zero-order valence-corrected chi connectivity index (χ0v) is 13.1. The molecule has 0 aliphatic carbocycles. The second-order valence-electron chi connectivity index (χ2n) is 5.74. The number of carbonyl (C=O) groups is 2. The number of carbonyl (C=O) groups excluding carboxylic acids is 2. The van der Waals surface area contributed by atoms with Crippen LogP contribution in [0.1, 0.15) is 20.3 Å². The van der Waals surface area contributed by atoms with E-state index in [1.54, 1.807) is 7.05 Å². The van der Waals surface area contributed by atoms with Gasteiger partial charge >= 0.3 is 0 Å². The minimum absolute atomic E-state index is 0.00243. The number of amides is 2. The lowest BCUT2D eigenvalue weighted by Gasteiger charge is -2.34. The molecule has 0 aromatic rings. The molecule has 0 aromatic carbocycles. The van der Waals surface area contributed by atoms with Crippen LogP contribution in [-0.2, 0) is 9.59 Å². The molecular weight excluding hydrogens is 256 g/mol. The predicted molar refractivity (Wildman–Crippen MR) is 79.1 cm³/mol. The van der Waals surface area contributed by atoms with E-state index in [9.17, 15) is 9.59 Å². The molecule has 1 saturated heterocycles. The van der Waals surface area contributed by atoms with Gasteiger partial charge in [0.05, 0.1) is 6.67 Å². The summed E-state index contributed by atoms with van der Waals surface area (Å²) in [6.07, 6.45) is 0.598. The van der Waals surface area contributed by atoms with E-state index in [1.165, 1.54) is 0 Å². The molecule has 2 amide bonds. The summed E-state index contributed by atoms with van der Waals surface area (Å²) in [5.41, 5.74) is 0. The van der Waals surface area contributed by atoms with Gasteiger partial charge in [0.25, 0.3) is 0 Å². The number of piperazine rings is 1. The standard InChI is InChI=1S/C14H28N4O2/c1-11(13(19)16-10-15-3)9-12(2)14(20)18-7-5-17(4)6-8-18/h11-12,15H,5-10H2,1-4H3,(H,16,19). The second-order valence-corrected chi connectivity index (χ2v) is 5.74. The summed E-state index contributed by atoms with van der Waals surface area (Å²) in [5.74, 6) is -0.0766. The first-order valence-corrected chi connectivity index (χ1v) is 7.35. The zero-order valence-electron chi connectivity index (χ0n) is 13.1. The van der Waals surface area contributed by atoms with Crippen LogP contribution in [0.5, 0.6) is 0 Å². The monoisotopic (exact) mass is 284 g/mol. The molecule has 0 spiro atoms. The van der Waals surface area contributed by atoms with Crippen molar-refractivity contribution in [1.82, 2.24) is 20.4 Å². The molecule has 1 heterocycles. The van der Waals surface area contributed by atoms with E-state index in [1.807, 2.05) is 18.7 Å². The molecule has 1 fully saturated rings. The fraction of sp³-hybridized carbons (Fsp3) is 0.857. The number of rotatable bonds is 6. The van der Waals surface area contributed by atoms with Crippen molar-refractivity contribution in [3.8, 4) is 0 Å². The number of hydrogen-bond donors (Lipinski definition) is 2. The summed E-state index contributed by atoms with van der Waals surface area (Å²) in [7, 11) is 3.85. The molecule has 0 bridgehead atoms. The number of nitrogens with zero attached hydrogens (tertiary/aromatic N) is 2. The molecule has 116 valence electrons. The lowest BCUT2D eigenvalue weighted by atomic mass is 9.95. The largest absolute Gasteiger partial charge is 0.343 e. The summed E-state index contributed by atoms with van der Waals surface area (Å²) in [5, 5.41) is 5.65. The van der Waals surface area contributed by atoms with Gasteiger partial charge in [0.1, 0.15) is 0 Å². The van der Waals surface area contributed by atoms with Crippen LogP contribution < -0.4 is 10.6 Å². The predicted octanol–water partition coefficient (Wildman–Crippen LogP) is -0.284. The van der Waals surface area contributed by atoms with E-state index in [0.29, 0.717) is 13.1 Å². The zero-order chi connectivity index (χ0) is 15.1. The fourth-order valence-electron chi connectivity index (χ4n) is 2.43. The van der Waals surface area contributed by atoms with Gasteiger partial charge in [-0.25, -0.2) is 0 Å². The Morgan fingerprint density at radius 2 is 1.70 bits per heavy atom. The van der Waals surface area contributed by atoms with Crippen molar-refractivity contribution in [2.45, 2.75) is 20.3 Å². The lowest BCUT2D eigenvalue weighted by molar-refractivity contribution is -0.137. The Balaban J connectivity index is 2.39. The van der Waals surface area contributed by atoms with Gasteiger partial charge in [-0.2, -0.15) is 0 Å². The van der Waals surface area contributed by atoms with Gasteiger partial charge in [0.15, 0.2) is 0 Å². The van der Waals surface area contributed by atoms with Crippen LogP contribution in [0.2, 0.25) is 0 Å². The van der Waals surface area contributed by atoms with Crippen LogP contribution in [0.4, 0.5) is 0 Å². The minimum atomic E-state index is -0.144. The molecule has 6 nitrogen and oxygen atoms in total. The number of nitrogens with one attached hydrogen (secondary N) is 2. The highest BCUT2D eigenvalue weighted by atomic mass is 16.2.